The molecule has 0 bridgehead atoms. The highest BCUT2D eigenvalue weighted by Gasteiger charge is 2.31. The van der Waals surface area contributed by atoms with Crippen LogP contribution in [0.3, 0.4) is 0 Å². The molecule has 0 saturated heterocycles. The molecule has 0 aliphatic heterocycles. The van der Waals surface area contributed by atoms with Gasteiger partial charge in [0, 0.05) is 22.8 Å². The Bertz CT molecular complexity index is 1160. The second-order valence-corrected chi connectivity index (χ2v) is 9.52. The number of hydrogen-bond acceptors (Lipinski definition) is 7. The Balaban J connectivity index is 1.39. The van der Waals surface area contributed by atoms with Gasteiger partial charge in [-0.2, -0.15) is 5.90 Å². The molecule has 4 N–H and O–H groups in total. The van der Waals surface area contributed by atoms with E-state index >= 15 is 0 Å². The van der Waals surface area contributed by atoms with E-state index in [1.165, 1.54) is 12.1 Å². The van der Waals surface area contributed by atoms with Crippen molar-refractivity contribution in [1.82, 2.24) is 5.32 Å². The number of aliphatic hydroxyl groups excluding tert-OH is 1. The van der Waals surface area contributed by atoms with E-state index < -0.39 is 23.3 Å². The van der Waals surface area contributed by atoms with Gasteiger partial charge in [-0.25, -0.2) is 4.99 Å². The Morgan fingerprint density at radius 3 is 2.32 bits per heavy atom. The van der Waals surface area contributed by atoms with Crippen LogP contribution in [0.15, 0.2) is 88.8 Å². The van der Waals surface area contributed by atoms with Crippen LogP contribution in [0.4, 0.5) is 13.2 Å². The summed E-state index contributed by atoms with van der Waals surface area (Å²) in [5.74, 6) is 5.58. The third-order valence-electron chi connectivity index (χ3n) is 5.28. The maximum Gasteiger partial charge on any atom is 0.573 e. The molecule has 0 aliphatic rings. The second kappa shape index (κ2) is 13.9. The summed E-state index contributed by atoms with van der Waals surface area (Å²) in [5.41, 5.74) is 2.25. The molecule has 3 aromatic rings. The van der Waals surface area contributed by atoms with Crippen molar-refractivity contribution < 1.29 is 32.1 Å². The lowest BCUT2D eigenvalue weighted by molar-refractivity contribution is -0.274. The zero-order valence-electron chi connectivity index (χ0n) is 19.9. The topological polar surface area (TPSA) is 106 Å². The first kappa shape index (κ1) is 28.3. The van der Waals surface area contributed by atoms with Gasteiger partial charge in [0.2, 0.25) is 5.90 Å². The highest BCUT2D eigenvalue weighted by Crippen LogP contribution is 2.24. The van der Waals surface area contributed by atoms with Crippen molar-refractivity contribution in [2.75, 3.05) is 25.4 Å². The van der Waals surface area contributed by atoms with Crippen LogP contribution in [0.2, 0.25) is 0 Å². The van der Waals surface area contributed by atoms with Gasteiger partial charge in [0.05, 0.1) is 23.4 Å². The van der Waals surface area contributed by atoms with Gasteiger partial charge >= 0.3 is 6.36 Å². The van der Waals surface area contributed by atoms with Gasteiger partial charge in [-0.1, -0.05) is 42.5 Å². The van der Waals surface area contributed by atoms with Crippen molar-refractivity contribution in [3.63, 3.8) is 0 Å². The van der Waals surface area contributed by atoms with Crippen molar-refractivity contribution in [1.29, 1.82) is 0 Å². The van der Waals surface area contributed by atoms with Gasteiger partial charge in [0.25, 0.3) is 0 Å². The molecule has 2 atom stereocenters. The second-order valence-electron chi connectivity index (χ2n) is 7.95. The zero-order chi connectivity index (χ0) is 26.7. The van der Waals surface area contributed by atoms with Crippen LogP contribution in [-0.4, -0.2) is 47.0 Å². The number of nitrogens with two attached hydrogens (primary N) is 1. The molecule has 0 saturated carbocycles. The quantitative estimate of drug-likeness (QED) is 0.141. The molecule has 0 fully saturated rings. The van der Waals surface area contributed by atoms with E-state index in [0.29, 0.717) is 35.7 Å². The Morgan fingerprint density at radius 2 is 1.70 bits per heavy atom. The minimum Gasteiger partial charge on any atom is -0.406 e. The van der Waals surface area contributed by atoms with E-state index in [2.05, 4.69) is 15.0 Å². The molecule has 198 valence electrons. The van der Waals surface area contributed by atoms with Gasteiger partial charge in [-0.3, -0.25) is 4.21 Å². The predicted octanol–water partition coefficient (Wildman–Crippen LogP) is 3.90. The molecule has 0 radical (unpaired) electrons. The van der Waals surface area contributed by atoms with E-state index in [9.17, 15) is 22.5 Å². The molecule has 0 amide bonds. The minimum absolute atomic E-state index is 0.236. The summed E-state index contributed by atoms with van der Waals surface area (Å²) >= 11 is 0. The molecular formula is C26H28F3N3O4S. The number of benzene rings is 3. The number of rotatable bonds is 12. The van der Waals surface area contributed by atoms with Crippen molar-refractivity contribution in [3.05, 3.63) is 95.6 Å². The maximum atomic E-state index is 12.6. The molecule has 37 heavy (non-hydrogen) atoms. The Labute approximate surface area is 215 Å². The molecule has 2 unspecified atom stereocenters. The van der Waals surface area contributed by atoms with Gasteiger partial charge in [0.1, 0.15) is 5.75 Å². The van der Waals surface area contributed by atoms with Gasteiger partial charge < -0.3 is 20.0 Å². The van der Waals surface area contributed by atoms with E-state index in [0.717, 1.165) is 23.3 Å². The van der Waals surface area contributed by atoms with E-state index in [1.54, 1.807) is 0 Å². The standard InChI is InChI=1S/C26H28F3N3O4S/c27-26(28,29)35-22-10-8-20(9-11-22)24(33)18-31-15-14-19-6-12-23(13-7-19)37(34)17-16-32-25(36-30)21-4-2-1-3-5-21/h1-13,24,31,33H,14-18,30H2. The number of halogens is 3. The lowest BCUT2D eigenvalue weighted by atomic mass is 10.1. The SMILES string of the molecule is NOC(=NCCS(=O)c1ccc(CCNCC(O)c2ccc(OC(F)(F)F)cc2)cc1)c1ccccc1. The predicted molar refractivity (Wildman–Crippen MR) is 135 cm³/mol. The molecule has 3 rings (SSSR count). The average molecular weight is 536 g/mol. The molecule has 7 nitrogen and oxygen atoms in total. The first-order valence-electron chi connectivity index (χ1n) is 11.4. The highest BCUT2D eigenvalue weighted by molar-refractivity contribution is 7.85. The van der Waals surface area contributed by atoms with E-state index in [-0.39, 0.29) is 18.2 Å². The van der Waals surface area contributed by atoms with E-state index in [1.807, 2.05) is 54.6 Å². The summed E-state index contributed by atoms with van der Waals surface area (Å²) in [6, 6.07) is 21.7. The fourth-order valence-corrected chi connectivity index (χ4v) is 4.35. The average Bonchev–Trinajstić information content (AvgIpc) is 2.89. The van der Waals surface area contributed by atoms with Crippen molar-refractivity contribution in [2.24, 2.45) is 10.9 Å². The van der Waals surface area contributed by atoms with Gasteiger partial charge in [0.15, 0.2) is 0 Å². The molecule has 0 aromatic heterocycles. The van der Waals surface area contributed by atoms with Crippen molar-refractivity contribution >= 4 is 16.7 Å². The van der Waals surface area contributed by atoms with Crippen LogP contribution in [0.5, 0.6) is 5.75 Å². The summed E-state index contributed by atoms with van der Waals surface area (Å²) in [6.07, 6.45) is -4.95. The van der Waals surface area contributed by atoms with Gasteiger partial charge in [-0.05, 0) is 60.5 Å². The largest absolute Gasteiger partial charge is 0.573 e. The van der Waals surface area contributed by atoms with Crippen molar-refractivity contribution in [2.45, 2.75) is 23.8 Å². The third-order valence-corrected chi connectivity index (χ3v) is 6.63. The first-order chi connectivity index (χ1) is 17.7. The molecule has 0 spiro atoms. The summed E-state index contributed by atoms with van der Waals surface area (Å²) in [5, 5.41) is 13.4. The van der Waals surface area contributed by atoms with Crippen molar-refractivity contribution in [3.8, 4) is 5.75 Å². The molecule has 3 aromatic carbocycles. The normalized spacial score (nSPS) is 13.7. The van der Waals surface area contributed by atoms with Crippen LogP contribution < -0.4 is 16.0 Å². The Hall–Kier alpha value is -3.25. The Morgan fingerprint density at radius 1 is 1.03 bits per heavy atom. The molecular weight excluding hydrogens is 507 g/mol. The summed E-state index contributed by atoms with van der Waals surface area (Å²) < 4.78 is 53.1. The Kier molecular flexibility index (Phi) is 10.6. The zero-order valence-corrected chi connectivity index (χ0v) is 20.7. The number of nitrogens with one attached hydrogen (secondary N) is 1. The number of ether oxygens (including phenoxy) is 1. The first-order valence-corrected chi connectivity index (χ1v) is 12.8. The number of nitrogens with zero attached hydrogens (tertiary/aromatic N) is 1. The van der Waals surface area contributed by atoms with Crippen LogP contribution in [-0.2, 0) is 22.1 Å². The summed E-state index contributed by atoms with van der Waals surface area (Å²) in [7, 11) is -1.23. The lowest BCUT2D eigenvalue weighted by Crippen LogP contribution is -2.23. The van der Waals surface area contributed by atoms with E-state index in [4.69, 9.17) is 10.7 Å². The van der Waals surface area contributed by atoms with Crippen LogP contribution >= 0.6 is 0 Å². The summed E-state index contributed by atoms with van der Waals surface area (Å²) in [6.45, 7) is 1.10. The number of hydrogen-bond donors (Lipinski definition) is 3. The maximum absolute atomic E-state index is 12.6. The minimum atomic E-state index is -4.75. The van der Waals surface area contributed by atoms with Gasteiger partial charge in [-0.15, -0.1) is 13.2 Å². The lowest BCUT2D eigenvalue weighted by Gasteiger charge is -2.14. The van der Waals surface area contributed by atoms with Crippen LogP contribution in [0.1, 0.15) is 22.8 Å². The summed E-state index contributed by atoms with van der Waals surface area (Å²) in [4.78, 5) is 9.82. The smallest absolute Gasteiger partial charge is 0.406 e. The molecule has 11 heteroatoms. The number of aliphatic hydroxyl groups is 1. The fraction of sp³-hybridized carbons (Fsp3) is 0.269. The third kappa shape index (κ3) is 9.62. The molecule has 0 heterocycles. The fourth-order valence-electron chi connectivity index (χ4n) is 3.41. The van der Waals surface area contributed by atoms with Crippen LogP contribution in [0.25, 0.3) is 0 Å². The highest BCUT2D eigenvalue weighted by atomic mass is 32.2. The number of alkyl halides is 3. The monoisotopic (exact) mass is 535 g/mol. The number of aliphatic imine (C=N–C) groups is 1. The van der Waals surface area contributed by atoms with Crippen LogP contribution in [0, 0.1) is 0 Å². The molecule has 0 aliphatic carbocycles.